The van der Waals surface area contributed by atoms with Crippen molar-refractivity contribution >= 4 is 25.3 Å². The van der Waals surface area contributed by atoms with Crippen LogP contribution in [0.1, 0.15) is 31.5 Å². The zero-order chi connectivity index (χ0) is 20.8. The number of hydrogen-bond donors (Lipinski definition) is 1. The lowest BCUT2D eigenvalue weighted by Crippen LogP contribution is -2.05. The minimum Gasteiger partial charge on any atom is -0.493 e. The van der Waals surface area contributed by atoms with E-state index in [1.807, 2.05) is 55.6 Å². The second-order valence-corrected chi connectivity index (χ2v) is 6.71. The van der Waals surface area contributed by atoms with Gasteiger partial charge in [0.1, 0.15) is 0 Å². The van der Waals surface area contributed by atoms with Crippen LogP contribution in [0, 0.1) is 0 Å². The topological polar surface area (TPSA) is 61.8 Å². The summed E-state index contributed by atoms with van der Waals surface area (Å²) in [5.41, 5.74) is 11.8. The van der Waals surface area contributed by atoms with Crippen molar-refractivity contribution < 1.29 is 9.47 Å². The first kappa shape index (κ1) is 20.7. The molecule has 0 atom stereocenters. The molecular formula is C23H26BN3O2. The molecule has 148 valence electrons. The van der Waals surface area contributed by atoms with Gasteiger partial charge in [-0.05, 0) is 80.6 Å². The second-order valence-electron chi connectivity index (χ2n) is 6.71. The van der Waals surface area contributed by atoms with Crippen LogP contribution < -0.4 is 15.2 Å². The Morgan fingerprint density at radius 3 is 2.72 bits per heavy atom. The van der Waals surface area contributed by atoms with Crippen LogP contribution in [-0.2, 0) is 0 Å². The quantitative estimate of drug-likeness (QED) is 0.697. The standard InChI is InChI=1S/C23H26BN3O2/c1-4-29-21-10-8-17(15-22(21)28-3)7-9-18-14-16(2)23(26-18)19(11-12-25)20-6-5-13-27(20)24/h5-10,13-15H,4,11-12,25H2,1-3H3/b9-7+,23-19-. The molecule has 1 aromatic carbocycles. The highest BCUT2D eigenvalue weighted by molar-refractivity contribution is 6.11. The van der Waals surface area contributed by atoms with Crippen LogP contribution in [0.2, 0.25) is 0 Å². The van der Waals surface area contributed by atoms with Gasteiger partial charge in [-0.1, -0.05) is 12.1 Å². The number of benzene rings is 1. The second kappa shape index (κ2) is 9.48. The van der Waals surface area contributed by atoms with Crippen molar-refractivity contribution in [2.24, 2.45) is 10.7 Å². The molecule has 3 rings (SSSR count). The predicted octanol–water partition coefficient (Wildman–Crippen LogP) is 4.00. The molecule has 0 spiro atoms. The van der Waals surface area contributed by atoms with Crippen LogP contribution in [0.4, 0.5) is 0 Å². The van der Waals surface area contributed by atoms with Crippen LogP contribution >= 0.6 is 0 Å². The Labute approximate surface area is 173 Å². The van der Waals surface area contributed by atoms with Gasteiger partial charge in [0, 0.05) is 11.3 Å². The lowest BCUT2D eigenvalue weighted by molar-refractivity contribution is 0.311. The lowest BCUT2D eigenvalue weighted by Gasteiger charge is -2.11. The summed E-state index contributed by atoms with van der Waals surface area (Å²) in [4.78, 5) is 4.83. The highest BCUT2D eigenvalue weighted by Crippen LogP contribution is 2.31. The molecule has 6 heteroatoms. The molecule has 0 saturated carbocycles. The maximum Gasteiger partial charge on any atom is 0.234 e. The summed E-state index contributed by atoms with van der Waals surface area (Å²) in [7, 11) is 7.69. The number of hydrogen-bond acceptors (Lipinski definition) is 4. The first-order chi connectivity index (χ1) is 14.1. The molecule has 0 bridgehead atoms. The van der Waals surface area contributed by atoms with E-state index in [1.54, 1.807) is 11.6 Å². The number of ether oxygens (including phenoxy) is 2. The van der Waals surface area contributed by atoms with Gasteiger partial charge in [0.15, 0.2) is 11.5 Å². The first-order valence-electron chi connectivity index (χ1n) is 9.69. The van der Waals surface area contributed by atoms with E-state index in [1.165, 1.54) is 0 Å². The molecule has 0 saturated heterocycles. The largest absolute Gasteiger partial charge is 0.493 e. The number of aromatic nitrogens is 1. The van der Waals surface area contributed by atoms with Gasteiger partial charge in [0.2, 0.25) is 7.98 Å². The Hall–Kier alpha value is -2.99. The molecule has 5 nitrogen and oxygen atoms in total. The zero-order valence-electron chi connectivity index (χ0n) is 17.2. The molecule has 2 N–H and O–H groups in total. The summed E-state index contributed by atoms with van der Waals surface area (Å²) < 4.78 is 12.6. The SMILES string of the molecule is [B]n1cccc1/C(CCN)=C1N=C(/C=C/c2ccc(OCC)c(OC)c2)C=C\1C. The summed E-state index contributed by atoms with van der Waals surface area (Å²) in [6.07, 6.45) is 8.60. The van der Waals surface area contributed by atoms with E-state index in [4.69, 9.17) is 28.2 Å². The molecule has 1 aromatic heterocycles. The van der Waals surface area contributed by atoms with E-state index < -0.39 is 0 Å². The zero-order valence-corrected chi connectivity index (χ0v) is 17.2. The van der Waals surface area contributed by atoms with Gasteiger partial charge < -0.3 is 19.7 Å². The van der Waals surface area contributed by atoms with Crippen molar-refractivity contribution in [3.05, 3.63) is 71.2 Å². The molecule has 1 aliphatic rings. The molecule has 0 fully saturated rings. The van der Waals surface area contributed by atoms with Crippen molar-refractivity contribution in [1.82, 2.24) is 4.48 Å². The van der Waals surface area contributed by atoms with Gasteiger partial charge in [-0.15, -0.1) is 0 Å². The molecule has 2 heterocycles. The Kier molecular flexibility index (Phi) is 6.78. The van der Waals surface area contributed by atoms with Crippen LogP contribution in [0.3, 0.4) is 0 Å². The summed E-state index contributed by atoms with van der Waals surface area (Å²) in [5.74, 6) is 1.45. The Morgan fingerprint density at radius 2 is 2.07 bits per heavy atom. The van der Waals surface area contributed by atoms with Gasteiger partial charge in [-0.25, -0.2) is 4.99 Å². The summed E-state index contributed by atoms with van der Waals surface area (Å²) in [6, 6.07) is 9.77. The lowest BCUT2D eigenvalue weighted by atomic mass is 10.0. The highest BCUT2D eigenvalue weighted by Gasteiger charge is 2.17. The fourth-order valence-electron chi connectivity index (χ4n) is 3.34. The Morgan fingerprint density at radius 1 is 1.24 bits per heavy atom. The molecule has 2 radical (unpaired) electrons. The van der Waals surface area contributed by atoms with Crippen LogP contribution in [0.25, 0.3) is 11.6 Å². The molecule has 0 aliphatic carbocycles. The van der Waals surface area contributed by atoms with E-state index in [-0.39, 0.29) is 0 Å². The van der Waals surface area contributed by atoms with Gasteiger partial charge in [-0.2, -0.15) is 0 Å². The Balaban J connectivity index is 1.90. The number of nitrogens with two attached hydrogens (primary N) is 1. The van der Waals surface area contributed by atoms with Crippen molar-refractivity contribution in [2.45, 2.75) is 20.3 Å². The van der Waals surface area contributed by atoms with Crippen LogP contribution in [-0.4, -0.2) is 38.4 Å². The third kappa shape index (κ3) is 4.71. The van der Waals surface area contributed by atoms with E-state index in [9.17, 15) is 0 Å². The summed E-state index contributed by atoms with van der Waals surface area (Å²) >= 11 is 0. The van der Waals surface area contributed by atoms with Gasteiger partial charge in [0.25, 0.3) is 0 Å². The maximum atomic E-state index is 6.05. The van der Waals surface area contributed by atoms with Crippen LogP contribution in [0.15, 0.2) is 64.9 Å². The van der Waals surface area contributed by atoms with E-state index >= 15 is 0 Å². The maximum absolute atomic E-state index is 6.05. The average Bonchev–Trinajstić information content (AvgIpc) is 3.31. The molecule has 1 aliphatic heterocycles. The van der Waals surface area contributed by atoms with Gasteiger partial charge in [-0.3, -0.25) is 0 Å². The van der Waals surface area contributed by atoms with Gasteiger partial charge >= 0.3 is 0 Å². The fourth-order valence-corrected chi connectivity index (χ4v) is 3.34. The van der Waals surface area contributed by atoms with Crippen molar-refractivity contribution in [3.8, 4) is 11.5 Å². The predicted molar refractivity (Wildman–Crippen MR) is 121 cm³/mol. The monoisotopic (exact) mass is 387 g/mol. The summed E-state index contributed by atoms with van der Waals surface area (Å²) in [6.45, 7) is 5.13. The molecule has 2 aromatic rings. The fraction of sp³-hybridized carbons (Fsp3) is 0.261. The highest BCUT2D eigenvalue weighted by atomic mass is 16.5. The number of aliphatic imine (C=N–C) groups is 1. The number of allylic oxidation sites excluding steroid dienone is 3. The minimum absolute atomic E-state index is 0.532. The summed E-state index contributed by atoms with van der Waals surface area (Å²) in [5, 5.41) is 0. The number of methoxy groups -OCH3 is 1. The Bertz CT molecular complexity index is 999. The molecule has 29 heavy (non-hydrogen) atoms. The van der Waals surface area contributed by atoms with Crippen LogP contribution in [0.5, 0.6) is 11.5 Å². The normalized spacial score (nSPS) is 15.4. The number of rotatable bonds is 8. The molecule has 0 unspecified atom stereocenters. The third-order valence-electron chi connectivity index (χ3n) is 4.68. The van der Waals surface area contributed by atoms with E-state index in [0.29, 0.717) is 25.3 Å². The minimum atomic E-state index is 0.532. The number of nitrogens with zero attached hydrogens (tertiary/aromatic N) is 2. The van der Waals surface area contributed by atoms with Crippen molar-refractivity contribution in [1.29, 1.82) is 0 Å². The molecule has 0 amide bonds. The van der Waals surface area contributed by atoms with E-state index in [2.05, 4.69) is 13.0 Å². The van der Waals surface area contributed by atoms with Gasteiger partial charge in [0.05, 0.1) is 25.1 Å². The third-order valence-corrected chi connectivity index (χ3v) is 4.68. The van der Waals surface area contributed by atoms with E-state index in [0.717, 1.165) is 39.6 Å². The average molecular weight is 387 g/mol. The first-order valence-corrected chi connectivity index (χ1v) is 9.69. The van der Waals surface area contributed by atoms with Crippen molar-refractivity contribution in [3.63, 3.8) is 0 Å². The molecular weight excluding hydrogens is 361 g/mol. The van der Waals surface area contributed by atoms with Crippen molar-refractivity contribution in [2.75, 3.05) is 20.3 Å². The smallest absolute Gasteiger partial charge is 0.234 e.